The molecule has 0 unspecified atom stereocenters. The molecule has 0 bridgehead atoms. The molecule has 4 N–H and O–H groups in total. The van der Waals surface area contributed by atoms with Crippen LogP contribution in [0.5, 0.6) is 0 Å². The lowest BCUT2D eigenvalue weighted by Gasteiger charge is -2.08. The zero-order valence-corrected chi connectivity index (χ0v) is 17.6. The fourth-order valence-corrected chi connectivity index (χ4v) is 3.28. The van der Waals surface area contributed by atoms with Crippen molar-refractivity contribution in [3.05, 3.63) is 55.6 Å². The maximum Gasteiger partial charge on any atom is 0.277 e. The van der Waals surface area contributed by atoms with E-state index in [0.29, 0.717) is 22.6 Å². The molecule has 2 rings (SSSR count). The number of nitriles is 1. The second kappa shape index (κ2) is 10.1. The topological polar surface area (TPSA) is 130 Å². The Kier molecular flexibility index (Phi) is 7.56. The highest BCUT2D eigenvalue weighted by molar-refractivity contribution is 7.07. The quantitative estimate of drug-likeness (QED) is 0.468. The molecule has 2 aromatic rings. The van der Waals surface area contributed by atoms with Gasteiger partial charge >= 0.3 is 0 Å². The van der Waals surface area contributed by atoms with Gasteiger partial charge in [-0.15, -0.1) is 0 Å². The van der Waals surface area contributed by atoms with Crippen LogP contribution >= 0.6 is 11.3 Å². The lowest BCUT2D eigenvalue weighted by molar-refractivity contribution is -0.119. The number of thiazole rings is 1. The van der Waals surface area contributed by atoms with E-state index in [9.17, 15) is 14.4 Å². The predicted molar refractivity (Wildman–Crippen MR) is 117 cm³/mol. The number of amides is 2. The summed E-state index contributed by atoms with van der Waals surface area (Å²) in [5, 5.41) is 14.8. The Bertz CT molecular complexity index is 1270. The molecule has 1 aromatic carbocycles. The van der Waals surface area contributed by atoms with Crippen molar-refractivity contribution in [3.8, 4) is 6.07 Å². The lowest BCUT2D eigenvalue weighted by atomic mass is 10.2. The van der Waals surface area contributed by atoms with Crippen molar-refractivity contribution in [1.82, 2.24) is 4.57 Å². The van der Waals surface area contributed by atoms with Crippen molar-refractivity contribution in [2.75, 3.05) is 10.6 Å². The van der Waals surface area contributed by atoms with Crippen molar-refractivity contribution in [2.24, 2.45) is 11.7 Å². The largest absolute Gasteiger partial charge is 0.364 e. The molecule has 0 radical (unpaired) electrons. The number of primary amides is 1. The van der Waals surface area contributed by atoms with Gasteiger partial charge in [-0.25, -0.2) is 0 Å². The van der Waals surface area contributed by atoms with E-state index in [2.05, 4.69) is 22.1 Å². The van der Waals surface area contributed by atoms with Gasteiger partial charge in [0.25, 0.3) is 11.5 Å². The van der Waals surface area contributed by atoms with Gasteiger partial charge < -0.3 is 16.4 Å². The first kappa shape index (κ1) is 22.5. The van der Waals surface area contributed by atoms with E-state index in [1.165, 1.54) is 10.8 Å². The number of rotatable bonds is 6. The minimum absolute atomic E-state index is 0.0857. The molecule has 0 saturated heterocycles. The molecule has 0 aliphatic heterocycles. The van der Waals surface area contributed by atoms with E-state index in [0.717, 1.165) is 11.3 Å². The van der Waals surface area contributed by atoms with Crippen LogP contribution in [0.2, 0.25) is 0 Å². The first-order chi connectivity index (χ1) is 14.3. The average molecular weight is 423 g/mol. The minimum atomic E-state index is -0.909. The second-order valence-electron chi connectivity index (χ2n) is 6.42. The predicted octanol–water partition coefficient (Wildman–Crippen LogP) is 0.844. The summed E-state index contributed by atoms with van der Waals surface area (Å²) in [6.45, 7) is 5.71. The molecule has 1 aromatic heterocycles. The first-order valence-electron chi connectivity index (χ1n) is 9.10. The summed E-state index contributed by atoms with van der Waals surface area (Å²) in [6, 6.07) is 8.79. The third kappa shape index (κ3) is 5.60. The fraction of sp³-hybridized carbons (Fsp3) is 0.238. The van der Waals surface area contributed by atoms with Gasteiger partial charge in [0.2, 0.25) is 5.91 Å². The Balaban J connectivity index is 2.43. The van der Waals surface area contributed by atoms with Crippen LogP contribution in [0.15, 0.2) is 40.8 Å². The van der Waals surface area contributed by atoms with E-state index in [4.69, 9.17) is 11.0 Å². The highest BCUT2D eigenvalue weighted by Gasteiger charge is 2.07. The Labute approximate surface area is 176 Å². The number of carbonyl (C=O) groups is 2. The summed E-state index contributed by atoms with van der Waals surface area (Å²) in [4.78, 5) is 35.6. The van der Waals surface area contributed by atoms with E-state index in [1.54, 1.807) is 37.3 Å². The van der Waals surface area contributed by atoms with Gasteiger partial charge in [0.1, 0.15) is 15.3 Å². The van der Waals surface area contributed by atoms with Crippen molar-refractivity contribution >= 4 is 46.0 Å². The zero-order valence-electron chi connectivity index (χ0n) is 16.8. The number of nitrogens with zero attached hydrogens (tertiary/aromatic N) is 2. The number of nitrogens with one attached hydrogen (secondary N) is 2. The van der Waals surface area contributed by atoms with Crippen molar-refractivity contribution in [3.63, 3.8) is 0 Å². The summed E-state index contributed by atoms with van der Waals surface area (Å²) in [5.41, 5.74) is 11.3. The van der Waals surface area contributed by atoms with Crippen LogP contribution in [-0.2, 0) is 16.1 Å². The summed E-state index contributed by atoms with van der Waals surface area (Å²) in [7, 11) is 0. The van der Waals surface area contributed by atoms with E-state index >= 15 is 0 Å². The van der Waals surface area contributed by atoms with E-state index < -0.39 is 5.91 Å². The van der Waals surface area contributed by atoms with Gasteiger partial charge in [-0.1, -0.05) is 42.7 Å². The maximum atomic E-state index is 12.5. The van der Waals surface area contributed by atoms with Gasteiger partial charge in [0.15, 0.2) is 5.57 Å². The molecule has 0 fully saturated rings. The van der Waals surface area contributed by atoms with E-state index in [-0.39, 0.29) is 27.5 Å². The Morgan fingerprint density at radius 1 is 1.33 bits per heavy atom. The first-order valence-corrected chi connectivity index (χ1v) is 9.91. The summed E-state index contributed by atoms with van der Waals surface area (Å²) in [6.07, 6.45) is 1.48. The van der Waals surface area contributed by atoms with Crippen molar-refractivity contribution in [1.29, 1.82) is 5.26 Å². The van der Waals surface area contributed by atoms with E-state index in [1.807, 2.05) is 13.8 Å². The number of carbonyl (C=O) groups excluding carboxylic acids is 2. The van der Waals surface area contributed by atoms with Gasteiger partial charge in [-0.3, -0.25) is 19.0 Å². The Morgan fingerprint density at radius 2 is 2.03 bits per heavy atom. The summed E-state index contributed by atoms with van der Waals surface area (Å²) < 4.78 is 1.97. The molecule has 0 aliphatic carbocycles. The molecular weight excluding hydrogens is 402 g/mol. The fourth-order valence-electron chi connectivity index (χ4n) is 2.29. The SMILES string of the molecule is CCn1c(=C=C(C#N)C(N)=O)sc(=C=CNc2cccc(NC(=O)C(C)C)c2)c1=O. The second-order valence-corrected chi connectivity index (χ2v) is 7.42. The Hall–Kier alpha value is -3.82. The third-order valence-electron chi connectivity index (χ3n) is 3.89. The van der Waals surface area contributed by atoms with Crippen LogP contribution in [0.4, 0.5) is 11.4 Å². The molecule has 154 valence electrons. The van der Waals surface area contributed by atoms with Crippen LogP contribution in [0.25, 0.3) is 11.5 Å². The third-order valence-corrected chi connectivity index (χ3v) is 4.90. The molecule has 8 nitrogen and oxygen atoms in total. The lowest BCUT2D eigenvalue weighted by Crippen LogP contribution is -2.30. The number of benzene rings is 1. The van der Waals surface area contributed by atoms with Gasteiger partial charge in [-0.05, 0) is 25.1 Å². The van der Waals surface area contributed by atoms with Crippen LogP contribution in [0, 0.1) is 17.2 Å². The molecule has 0 aliphatic rings. The van der Waals surface area contributed by atoms with Crippen LogP contribution < -0.4 is 31.1 Å². The normalized spacial score (nSPS) is 9.83. The smallest absolute Gasteiger partial charge is 0.277 e. The number of aromatic nitrogens is 1. The van der Waals surface area contributed by atoms with Gasteiger partial charge in [-0.2, -0.15) is 5.26 Å². The molecule has 0 atom stereocenters. The van der Waals surface area contributed by atoms with Gasteiger partial charge in [0, 0.05) is 30.0 Å². The summed E-state index contributed by atoms with van der Waals surface area (Å²) >= 11 is 1.04. The number of anilines is 2. The number of hydrogen-bond acceptors (Lipinski definition) is 6. The molecule has 0 saturated carbocycles. The van der Waals surface area contributed by atoms with Gasteiger partial charge in [0.05, 0.1) is 0 Å². The van der Waals surface area contributed by atoms with Crippen molar-refractivity contribution in [2.45, 2.75) is 27.3 Å². The molecule has 2 amide bonds. The van der Waals surface area contributed by atoms with Crippen molar-refractivity contribution < 1.29 is 9.59 Å². The number of nitrogens with two attached hydrogens (primary N) is 1. The monoisotopic (exact) mass is 423 g/mol. The maximum absolute atomic E-state index is 12.5. The van der Waals surface area contributed by atoms with Crippen LogP contribution in [-0.4, -0.2) is 16.4 Å². The van der Waals surface area contributed by atoms with Crippen LogP contribution in [0.1, 0.15) is 20.8 Å². The Morgan fingerprint density at radius 3 is 2.63 bits per heavy atom. The molecule has 9 heteroatoms. The average Bonchev–Trinajstić information content (AvgIpc) is 3.00. The summed E-state index contributed by atoms with van der Waals surface area (Å²) in [5.74, 6) is -1.13. The molecule has 1 heterocycles. The minimum Gasteiger partial charge on any atom is -0.364 e. The zero-order chi connectivity index (χ0) is 22.3. The molecule has 0 spiro atoms. The standard InChI is InChI=1S/C21H21N5O3S/c1-4-26-18(10-14(12-22)19(23)27)30-17(21(26)29)8-9-24-15-6-5-7-16(11-15)25-20(28)13(2)3/h5-7,9,11,13,24H,4H2,1-3H3,(H2,23,27)(H,25,28). The molecular formula is C21H21N5O3S. The highest BCUT2D eigenvalue weighted by atomic mass is 32.1. The van der Waals surface area contributed by atoms with Crippen LogP contribution in [0.3, 0.4) is 0 Å². The highest BCUT2D eigenvalue weighted by Crippen LogP contribution is 2.15. The molecule has 30 heavy (non-hydrogen) atoms. The number of hydrogen-bond donors (Lipinski definition) is 3.